The fraction of sp³-hybridized carbons (Fsp3) is 0.292. The number of fused-ring (bicyclic) bond motifs is 5. The molecule has 3 aliphatic rings. The standard InChI is InChI=1S/C40H40N4O2.C16H19NO.C8H4Cl2N2.CH4.Na.H/c1-43-25-11-23-35(43)37(31-21-9-15-27-13-3-5-17-29(27)31)45-39-33-19-7-8-20-34(33)40(42-41-39)46-38(36-24-12-26-44(36)2)32-22-10-16-28-14-4-6-18-30(28)32;1-17-11-5-10-15(17)16(18)14-9-4-7-12-6-2-3-8-13(12)14;9-7-5-3-1-2-4-6(5)8(10)12-11-7;;;/h3-10,13-22,35-38H,11-12,23-26H2,1-2H3;2-4,6-9,15-16,18H,5,10-11H2,1H3;1-4H;1H4;;/q;;;;+1;-1/t35-,36-,37+,38+;15-,16+;;;;/m00..../s1. The number of rotatable bonds is 10. The Hall–Kier alpha value is -5.76. The second-order valence-corrected chi connectivity index (χ2v) is 21.2. The maximum absolute atomic E-state index is 10.6. The number of likely N-dealkylation sites (N-methyl/N-ethyl adjacent to an activating group) is 3. The van der Waals surface area contributed by atoms with E-state index in [0.29, 0.717) is 22.1 Å². The van der Waals surface area contributed by atoms with Crippen molar-refractivity contribution in [1.82, 2.24) is 35.1 Å². The Morgan fingerprint density at radius 3 is 1.10 bits per heavy atom. The first-order valence-electron chi connectivity index (χ1n) is 26.6. The van der Waals surface area contributed by atoms with Crippen LogP contribution in [0.2, 0.25) is 10.3 Å². The van der Waals surface area contributed by atoms with Crippen LogP contribution in [0.5, 0.6) is 11.8 Å². The zero-order valence-corrected chi connectivity index (χ0v) is 47.7. The molecule has 6 atom stereocenters. The smallest absolute Gasteiger partial charge is 1.00 e. The third kappa shape index (κ3) is 12.0. The van der Waals surface area contributed by atoms with Crippen molar-refractivity contribution in [3.8, 4) is 11.8 Å². The van der Waals surface area contributed by atoms with E-state index in [1.54, 1.807) is 0 Å². The van der Waals surface area contributed by atoms with Crippen LogP contribution in [0.15, 0.2) is 176 Å². The van der Waals surface area contributed by atoms with Gasteiger partial charge in [0.15, 0.2) is 10.3 Å². The van der Waals surface area contributed by atoms with Crippen molar-refractivity contribution < 1.29 is 45.6 Å². The average Bonchev–Trinajstić information content (AvgIpc) is 4.32. The molecule has 3 saturated heterocycles. The van der Waals surface area contributed by atoms with Crippen LogP contribution < -0.4 is 39.0 Å². The Kier molecular flexibility index (Phi) is 19.0. The zero-order valence-electron chi connectivity index (χ0n) is 45.2. The van der Waals surface area contributed by atoms with Crippen LogP contribution in [-0.2, 0) is 0 Å². The van der Waals surface area contributed by atoms with Crippen molar-refractivity contribution in [2.75, 3.05) is 40.8 Å². The largest absolute Gasteiger partial charge is 1.00 e. The molecule has 0 bridgehead atoms. The first kappa shape index (κ1) is 56.9. The maximum Gasteiger partial charge on any atom is 1.00 e. The van der Waals surface area contributed by atoms with Gasteiger partial charge in [0.2, 0.25) is 11.8 Å². The van der Waals surface area contributed by atoms with Crippen LogP contribution in [0.1, 0.15) is 82.4 Å². The molecule has 0 saturated carbocycles. The Morgan fingerprint density at radius 2 is 0.731 bits per heavy atom. The van der Waals surface area contributed by atoms with Crippen molar-refractivity contribution in [2.24, 2.45) is 0 Å². The first-order valence-corrected chi connectivity index (χ1v) is 27.3. The molecule has 396 valence electrons. The number of aliphatic hydroxyl groups is 1. The summed E-state index contributed by atoms with van der Waals surface area (Å²) in [5.41, 5.74) is 3.43. The maximum atomic E-state index is 10.6. The molecule has 8 aromatic carbocycles. The van der Waals surface area contributed by atoms with Gasteiger partial charge in [0.1, 0.15) is 12.2 Å². The summed E-state index contributed by atoms with van der Waals surface area (Å²) in [4.78, 5) is 7.12. The second-order valence-electron chi connectivity index (χ2n) is 20.5. The van der Waals surface area contributed by atoms with Crippen LogP contribution in [0.25, 0.3) is 53.9 Å². The molecule has 0 amide bonds. The molecular formula is C65H68Cl2N7NaO3. The van der Waals surface area contributed by atoms with Crippen LogP contribution in [-0.4, -0.2) is 99.1 Å². The number of hydrogen-bond acceptors (Lipinski definition) is 10. The minimum atomic E-state index is -0.386. The van der Waals surface area contributed by atoms with Crippen LogP contribution >= 0.6 is 23.2 Å². The van der Waals surface area contributed by atoms with Gasteiger partial charge in [-0.1, -0.05) is 194 Å². The van der Waals surface area contributed by atoms with Crippen molar-refractivity contribution in [3.05, 3.63) is 203 Å². The first-order chi connectivity index (χ1) is 37.2. The minimum absolute atomic E-state index is 0. The fourth-order valence-electron chi connectivity index (χ4n) is 11.9. The summed E-state index contributed by atoms with van der Waals surface area (Å²) in [6, 6.07) is 61.1. The van der Waals surface area contributed by atoms with E-state index in [0.717, 1.165) is 78.8 Å². The molecule has 13 heteroatoms. The molecule has 2 aromatic heterocycles. The summed E-state index contributed by atoms with van der Waals surface area (Å²) < 4.78 is 14.0. The van der Waals surface area contributed by atoms with E-state index in [1.165, 1.54) is 49.9 Å². The predicted octanol–water partition coefficient (Wildman–Crippen LogP) is 12.0. The average molecular weight is 1090 g/mol. The van der Waals surface area contributed by atoms with Gasteiger partial charge in [-0.3, -0.25) is 9.80 Å². The van der Waals surface area contributed by atoms with E-state index in [4.69, 9.17) is 42.9 Å². The summed E-state index contributed by atoms with van der Waals surface area (Å²) in [6.45, 7) is 3.20. The van der Waals surface area contributed by atoms with E-state index in [9.17, 15) is 5.11 Å². The Morgan fingerprint density at radius 1 is 0.423 bits per heavy atom. The van der Waals surface area contributed by atoms with Gasteiger partial charge >= 0.3 is 29.6 Å². The normalized spacial score (nSPS) is 18.8. The molecule has 3 aliphatic heterocycles. The summed E-state index contributed by atoms with van der Waals surface area (Å²) in [6.07, 6.45) is 5.92. The number of ether oxygens (including phenoxy) is 2. The van der Waals surface area contributed by atoms with Crippen LogP contribution in [0, 0.1) is 0 Å². The molecule has 0 aliphatic carbocycles. The van der Waals surface area contributed by atoms with E-state index < -0.39 is 0 Å². The second kappa shape index (κ2) is 26.0. The van der Waals surface area contributed by atoms with Crippen LogP contribution in [0.4, 0.5) is 0 Å². The third-order valence-electron chi connectivity index (χ3n) is 15.9. The molecule has 10 nitrogen and oxygen atoms in total. The molecule has 78 heavy (non-hydrogen) atoms. The van der Waals surface area contributed by atoms with Crippen molar-refractivity contribution in [2.45, 2.75) is 82.4 Å². The number of aromatic nitrogens is 4. The van der Waals surface area contributed by atoms with Gasteiger partial charge in [-0.25, -0.2) is 0 Å². The van der Waals surface area contributed by atoms with Crippen molar-refractivity contribution in [3.63, 3.8) is 0 Å². The number of benzene rings is 8. The number of halogens is 2. The van der Waals surface area contributed by atoms with Gasteiger partial charge in [-0.05, 0) is 129 Å². The quantitative estimate of drug-likeness (QED) is 0.133. The SMILES string of the molecule is C.CN1CCC[C@H]1[C@H](O)c1cccc2ccccc12.CN1CCC[C@H]1[C@H](Oc1nnc(O[C@H](c2cccc3ccccc23)[C@@H]2CCCN2C)c2ccccc12)c1cccc2ccccc12.Clc1nnc(Cl)c2ccccc12.[H-].[Na+]. The summed E-state index contributed by atoms with van der Waals surface area (Å²) in [5.74, 6) is 1.08. The van der Waals surface area contributed by atoms with Gasteiger partial charge in [0.25, 0.3) is 0 Å². The molecule has 0 unspecified atom stereocenters. The molecule has 3 fully saturated rings. The van der Waals surface area contributed by atoms with Gasteiger partial charge < -0.3 is 20.9 Å². The molecule has 0 spiro atoms. The van der Waals surface area contributed by atoms with E-state index >= 15 is 0 Å². The number of nitrogens with zero attached hydrogens (tertiary/aromatic N) is 7. The Labute approximate surface area is 492 Å². The summed E-state index contributed by atoms with van der Waals surface area (Å²) >= 11 is 11.6. The molecule has 13 rings (SSSR count). The zero-order chi connectivity index (χ0) is 52.1. The summed E-state index contributed by atoms with van der Waals surface area (Å²) in [7, 11) is 6.51. The Balaban J connectivity index is 0.000000203. The van der Waals surface area contributed by atoms with Crippen molar-refractivity contribution in [1.29, 1.82) is 0 Å². The van der Waals surface area contributed by atoms with Gasteiger partial charge in [0.05, 0.1) is 29.0 Å². The number of aliphatic hydroxyl groups excluding tert-OH is 1. The summed E-state index contributed by atoms with van der Waals surface area (Å²) in [5, 5.41) is 39.1. The van der Waals surface area contributed by atoms with E-state index in [1.807, 2.05) is 54.6 Å². The predicted molar refractivity (Wildman–Crippen MR) is 317 cm³/mol. The topological polar surface area (TPSA) is 100.0 Å². The van der Waals surface area contributed by atoms with E-state index in [2.05, 4.69) is 167 Å². The molecule has 10 aromatic rings. The van der Waals surface area contributed by atoms with Crippen LogP contribution in [0.3, 0.4) is 0 Å². The van der Waals surface area contributed by atoms with Gasteiger partial charge in [0, 0.05) is 27.9 Å². The number of hydrogen-bond donors (Lipinski definition) is 1. The minimum Gasteiger partial charge on any atom is -1.00 e. The molecule has 5 heterocycles. The third-order valence-corrected chi connectivity index (χ3v) is 16.4. The van der Waals surface area contributed by atoms with Crippen molar-refractivity contribution >= 4 is 77.1 Å². The van der Waals surface area contributed by atoms with Gasteiger partial charge in [-0.2, -0.15) is 0 Å². The monoisotopic (exact) mass is 1090 g/mol. The fourth-order valence-corrected chi connectivity index (χ4v) is 12.3. The number of likely N-dealkylation sites (tertiary alicyclic amines) is 3. The molecule has 1 N–H and O–H groups in total. The van der Waals surface area contributed by atoms with E-state index in [-0.39, 0.29) is 74.8 Å². The van der Waals surface area contributed by atoms with Gasteiger partial charge in [-0.15, -0.1) is 20.4 Å². The molecule has 0 radical (unpaired) electrons. The molecular weight excluding hydrogens is 1020 g/mol. The Bertz CT molecular complexity index is 3450.